The molecule has 0 spiro atoms. The summed E-state index contributed by atoms with van der Waals surface area (Å²) in [5, 5.41) is 2.59. The van der Waals surface area contributed by atoms with E-state index in [1.54, 1.807) is 12.1 Å². The van der Waals surface area contributed by atoms with Crippen LogP contribution in [0.25, 0.3) is 0 Å². The summed E-state index contributed by atoms with van der Waals surface area (Å²) in [5.41, 5.74) is 0.438. The van der Waals surface area contributed by atoms with Crippen LogP contribution in [0.3, 0.4) is 0 Å². The van der Waals surface area contributed by atoms with Gasteiger partial charge in [-0.3, -0.25) is 4.79 Å². The molecule has 1 rings (SSSR count). The summed E-state index contributed by atoms with van der Waals surface area (Å²) in [6, 6.07) is 6.10. The third kappa shape index (κ3) is 3.69. The van der Waals surface area contributed by atoms with Crippen LogP contribution < -0.4 is 5.32 Å². The van der Waals surface area contributed by atoms with Gasteiger partial charge in [0.05, 0.1) is 4.90 Å². The molecule has 5 nitrogen and oxygen atoms in total. The molecule has 0 aliphatic carbocycles. The highest BCUT2D eigenvalue weighted by molar-refractivity contribution is 7.89. The molecular formula is C11H15ClN2O3S. The molecule has 1 aromatic rings. The van der Waals surface area contributed by atoms with Crippen LogP contribution in [0.5, 0.6) is 0 Å². The zero-order chi connectivity index (χ0) is 13.8. The first kappa shape index (κ1) is 14.9. The SMILES string of the molecule is CN(C)S(=O)(=O)c1cccc(NC(=O)CCCl)c1. The summed E-state index contributed by atoms with van der Waals surface area (Å²) in [7, 11) is -0.587. The van der Waals surface area contributed by atoms with E-state index < -0.39 is 10.0 Å². The van der Waals surface area contributed by atoms with Crippen LogP contribution in [-0.2, 0) is 14.8 Å². The van der Waals surface area contributed by atoms with Crippen molar-refractivity contribution < 1.29 is 13.2 Å². The fraction of sp³-hybridized carbons (Fsp3) is 0.364. The first-order valence-corrected chi connectivity index (χ1v) is 7.24. The molecule has 1 amide bonds. The Labute approximate surface area is 112 Å². The fourth-order valence-electron chi connectivity index (χ4n) is 1.25. The number of amides is 1. The van der Waals surface area contributed by atoms with Gasteiger partial charge in [-0.05, 0) is 18.2 Å². The van der Waals surface area contributed by atoms with Crippen LogP contribution in [0, 0.1) is 0 Å². The molecule has 0 unspecified atom stereocenters. The molecule has 7 heteroatoms. The fourth-order valence-corrected chi connectivity index (χ4v) is 2.37. The summed E-state index contributed by atoms with van der Waals surface area (Å²) in [6.07, 6.45) is 0.187. The van der Waals surface area contributed by atoms with Crippen LogP contribution in [0.2, 0.25) is 0 Å². The van der Waals surface area contributed by atoms with Crippen molar-refractivity contribution in [2.24, 2.45) is 0 Å². The minimum absolute atomic E-state index is 0.135. The second-order valence-corrected chi connectivity index (χ2v) is 6.33. The van der Waals surface area contributed by atoms with Gasteiger partial charge in [0.2, 0.25) is 15.9 Å². The molecular weight excluding hydrogens is 276 g/mol. The number of rotatable bonds is 5. The number of nitrogens with one attached hydrogen (secondary N) is 1. The molecule has 1 aromatic carbocycles. The summed E-state index contributed by atoms with van der Waals surface area (Å²) in [5.74, 6) is -0.0222. The Morgan fingerprint density at radius 1 is 1.39 bits per heavy atom. The van der Waals surface area contributed by atoms with Crippen molar-refractivity contribution in [2.45, 2.75) is 11.3 Å². The molecule has 18 heavy (non-hydrogen) atoms. The summed E-state index contributed by atoms with van der Waals surface area (Å²) in [4.78, 5) is 11.5. The lowest BCUT2D eigenvalue weighted by Crippen LogP contribution is -2.22. The van der Waals surface area contributed by atoms with Gasteiger partial charge in [-0.15, -0.1) is 11.6 Å². The normalized spacial score (nSPS) is 11.6. The zero-order valence-electron chi connectivity index (χ0n) is 10.2. The van der Waals surface area contributed by atoms with Crippen LogP contribution in [-0.4, -0.2) is 38.6 Å². The Kier molecular flexibility index (Phi) is 5.13. The van der Waals surface area contributed by atoms with Crippen LogP contribution in [0.1, 0.15) is 6.42 Å². The topological polar surface area (TPSA) is 66.5 Å². The predicted octanol–water partition coefficient (Wildman–Crippen LogP) is 1.50. The number of hydrogen-bond acceptors (Lipinski definition) is 3. The predicted molar refractivity (Wildman–Crippen MR) is 71.3 cm³/mol. The van der Waals surface area contributed by atoms with E-state index >= 15 is 0 Å². The third-order valence-corrected chi connectivity index (χ3v) is 4.22. The Morgan fingerprint density at radius 2 is 2.06 bits per heavy atom. The molecule has 0 saturated heterocycles. The Balaban J connectivity index is 2.97. The molecule has 0 saturated carbocycles. The molecule has 100 valence electrons. The van der Waals surface area contributed by atoms with Crippen LogP contribution in [0.15, 0.2) is 29.2 Å². The van der Waals surface area contributed by atoms with Gasteiger partial charge in [-0.2, -0.15) is 0 Å². The summed E-state index contributed by atoms with van der Waals surface area (Å²) in [6.45, 7) is 0. The van der Waals surface area contributed by atoms with Gasteiger partial charge in [-0.25, -0.2) is 12.7 Å². The van der Waals surface area contributed by atoms with Crippen molar-refractivity contribution in [3.63, 3.8) is 0 Å². The van der Waals surface area contributed by atoms with Gasteiger partial charge in [0.1, 0.15) is 0 Å². The molecule has 1 N–H and O–H groups in total. The summed E-state index contributed by atoms with van der Waals surface area (Å²) >= 11 is 5.44. The number of halogens is 1. The number of carbonyl (C=O) groups is 1. The van der Waals surface area contributed by atoms with Crippen LogP contribution >= 0.6 is 11.6 Å². The minimum Gasteiger partial charge on any atom is -0.326 e. The molecule has 0 aliphatic rings. The van der Waals surface area contributed by atoms with E-state index in [-0.39, 0.29) is 23.1 Å². The molecule has 0 bridgehead atoms. The number of sulfonamides is 1. The zero-order valence-corrected chi connectivity index (χ0v) is 11.8. The Morgan fingerprint density at radius 3 is 2.61 bits per heavy atom. The molecule has 0 atom stereocenters. The van der Waals surface area contributed by atoms with Crippen molar-refractivity contribution >= 4 is 33.2 Å². The highest BCUT2D eigenvalue weighted by Gasteiger charge is 2.17. The smallest absolute Gasteiger partial charge is 0.242 e. The van der Waals surface area contributed by atoms with Gasteiger partial charge >= 0.3 is 0 Å². The quantitative estimate of drug-likeness (QED) is 0.836. The Bertz CT molecular complexity index is 529. The van der Waals surface area contributed by atoms with Gasteiger partial charge in [0, 0.05) is 32.1 Å². The van der Waals surface area contributed by atoms with E-state index in [1.807, 2.05) is 0 Å². The van der Waals surface area contributed by atoms with Gasteiger partial charge in [0.15, 0.2) is 0 Å². The van der Waals surface area contributed by atoms with E-state index in [2.05, 4.69) is 5.32 Å². The lowest BCUT2D eigenvalue weighted by atomic mass is 10.3. The molecule has 0 radical (unpaired) electrons. The highest BCUT2D eigenvalue weighted by Crippen LogP contribution is 2.18. The highest BCUT2D eigenvalue weighted by atomic mass is 35.5. The van der Waals surface area contributed by atoms with Gasteiger partial charge < -0.3 is 5.32 Å². The van der Waals surface area contributed by atoms with Crippen molar-refractivity contribution in [3.8, 4) is 0 Å². The Hall–Kier alpha value is -1.11. The third-order valence-electron chi connectivity index (χ3n) is 2.22. The van der Waals surface area contributed by atoms with Gasteiger partial charge in [-0.1, -0.05) is 6.07 Å². The molecule has 0 aliphatic heterocycles. The number of benzene rings is 1. The second kappa shape index (κ2) is 6.17. The number of nitrogens with zero attached hydrogens (tertiary/aromatic N) is 1. The average molecular weight is 291 g/mol. The van der Waals surface area contributed by atoms with Crippen molar-refractivity contribution in [1.29, 1.82) is 0 Å². The van der Waals surface area contributed by atoms with E-state index in [1.165, 1.54) is 26.2 Å². The first-order valence-electron chi connectivity index (χ1n) is 5.26. The van der Waals surface area contributed by atoms with E-state index in [0.717, 1.165) is 4.31 Å². The van der Waals surface area contributed by atoms with E-state index in [0.29, 0.717) is 5.69 Å². The molecule has 0 aromatic heterocycles. The van der Waals surface area contributed by atoms with Crippen LogP contribution in [0.4, 0.5) is 5.69 Å². The first-order chi connectivity index (χ1) is 8.37. The van der Waals surface area contributed by atoms with E-state index in [4.69, 9.17) is 11.6 Å². The van der Waals surface area contributed by atoms with Gasteiger partial charge in [0.25, 0.3) is 0 Å². The summed E-state index contributed by atoms with van der Waals surface area (Å²) < 4.78 is 24.9. The molecule has 0 heterocycles. The second-order valence-electron chi connectivity index (χ2n) is 3.80. The average Bonchev–Trinajstić information content (AvgIpc) is 2.29. The lowest BCUT2D eigenvalue weighted by molar-refractivity contribution is -0.115. The number of carbonyl (C=O) groups excluding carboxylic acids is 1. The maximum Gasteiger partial charge on any atom is 0.242 e. The maximum atomic E-state index is 11.9. The number of anilines is 1. The maximum absolute atomic E-state index is 11.9. The standard InChI is InChI=1S/C11H15ClN2O3S/c1-14(2)18(16,17)10-5-3-4-9(8-10)13-11(15)6-7-12/h3-5,8H,6-7H2,1-2H3,(H,13,15). The van der Waals surface area contributed by atoms with Crippen molar-refractivity contribution in [1.82, 2.24) is 4.31 Å². The lowest BCUT2D eigenvalue weighted by Gasteiger charge is -2.12. The van der Waals surface area contributed by atoms with Crippen molar-refractivity contribution in [3.05, 3.63) is 24.3 Å². The number of hydrogen-bond donors (Lipinski definition) is 1. The largest absolute Gasteiger partial charge is 0.326 e. The molecule has 0 fully saturated rings. The van der Waals surface area contributed by atoms with E-state index in [9.17, 15) is 13.2 Å². The monoisotopic (exact) mass is 290 g/mol. The number of alkyl halides is 1. The minimum atomic E-state index is -3.49. The van der Waals surface area contributed by atoms with Crippen molar-refractivity contribution in [2.75, 3.05) is 25.3 Å².